The highest BCUT2D eigenvalue weighted by atomic mass is 35.5. The van der Waals surface area contributed by atoms with Crippen LogP contribution in [-0.2, 0) is 16.1 Å². The first-order valence-electron chi connectivity index (χ1n) is 5.44. The molecule has 2 aromatic rings. The number of esters is 1. The van der Waals surface area contributed by atoms with E-state index in [1.807, 2.05) is 0 Å². The van der Waals surface area contributed by atoms with Crippen LogP contribution in [0.5, 0.6) is 0 Å². The quantitative estimate of drug-likeness (QED) is 0.627. The fourth-order valence-electron chi connectivity index (χ4n) is 1.72. The summed E-state index contributed by atoms with van der Waals surface area (Å²) in [6, 6.07) is 7.12. The number of carbonyl (C=O) groups is 2. The van der Waals surface area contributed by atoms with Crippen LogP contribution >= 0.6 is 11.6 Å². The van der Waals surface area contributed by atoms with Crippen LogP contribution < -0.4 is 0 Å². The third-order valence-electron chi connectivity index (χ3n) is 2.42. The van der Waals surface area contributed by atoms with Gasteiger partial charge in [0.05, 0.1) is 17.6 Å². The van der Waals surface area contributed by atoms with Crippen molar-refractivity contribution < 1.29 is 14.3 Å². The van der Waals surface area contributed by atoms with Crippen LogP contribution in [0.3, 0.4) is 0 Å². The second kappa shape index (κ2) is 5.18. The minimum absolute atomic E-state index is 0.0471. The molecule has 0 bridgehead atoms. The molecule has 5 nitrogen and oxygen atoms in total. The lowest BCUT2D eigenvalue weighted by molar-refractivity contribution is -0.143. The van der Waals surface area contributed by atoms with Crippen molar-refractivity contribution in [3.05, 3.63) is 30.1 Å². The zero-order valence-corrected chi connectivity index (χ0v) is 10.5. The molecule has 0 saturated heterocycles. The monoisotopic (exact) mass is 266 g/mol. The molecular weight excluding hydrogens is 256 g/mol. The molecule has 1 aromatic heterocycles. The van der Waals surface area contributed by atoms with Gasteiger partial charge in [0, 0.05) is 0 Å². The Hall–Kier alpha value is -1.88. The van der Waals surface area contributed by atoms with Crippen molar-refractivity contribution in [3.8, 4) is 0 Å². The second-order valence-corrected chi connectivity index (χ2v) is 3.93. The first-order valence-corrected chi connectivity index (χ1v) is 5.82. The van der Waals surface area contributed by atoms with Crippen LogP contribution in [-0.4, -0.2) is 27.4 Å². The van der Waals surface area contributed by atoms with E-state index in [1.165, 1.54) is 4.57 Å². The predicted octanol–water partition coefficient (Wildman–Crippen LogP) is 1.98. The molecule has 0 spiro atoms. The maximum Gasteiger partial charge on any atom is 0.326 e. The highest BCUT2D eigenvalue weighted by Crippen LogP contribution is 2.17. The van der Waals surface area contributed by atoms with E-state index < -0.39 is 11.2 Å². The summed E-state index contributed by atoms with van der Waals surface area (Å²) < 4.78 is 6.32. The number of ether oxygens (including phenoxy) is 1. The van der Waals surface area contributed by atoms with Gasteiger partial charge in [0.15, 0.2) is 5.82 Å². The first-order chi connectivity index (χ1) is 8.63. The van der Waals surface area contributed by atoms with Gasteiger partial charge in [0.1, 0.15) is 6.54 Å². The van der Waals surface area contributed by atoms with Gasteiger partial charge in [-0.2, -0.15) is 0 Å². The van der Waals surface area contributed by atoms with E-state index in [0.29, 0.717) is 11.0 Å². The molecule has 0 fully saturated rings. The van der Waals surface area contributed by atoms with Gasteiger partial charge in [-0.1, -0.05) is 12.1 Å². The van der Waals surface area contributed by atoms with Crippen LogP contribution in [0.1, 0.15) is 17.5 Å². The Labute approximate surface area is 108 Å². The summed E-state index contributed by atoms with van der Waals surface area (Å²) in [4.78, 5) is 26.9. The molecule has 0 aliphatic carbocycles. The van der Waals surface area contributed by atoms with E-state index >= 15 is 0 Å². The number of fused-ring (bicyclic) bond motifs is 1. The van der Waals surface area contributed by atoms with Gasteiger partial charge in [-0.05, 0) is 30.7 Å². The van der Waals surface area contributed by atoms with Crippen LogP contribution in [0.15, 0.2) is 24.3 Å². The number of carbonyl (C=O) groups excluding carboxylic acids is 2. The number of aromatic nitrogens is 2. The zero-order valence-electron chi connectivity index (χ0n) is 9.72. The van der Waals surface area contributed by atoms with Crippen molar-refractivity contribution in [2.24, 2.45) is 0 Å². The van der Waals surface area contributed by atoms with Crippen molar-refractivity contribution in [2.75, 3.05) is 6.61 Å². The molecule has 0 aliphatic rings. The average Bonchev–Trinajstić information content (AvgIpc) is 2.69. The predicted molar refractivity (Wildman–Crippen MR) is 66.5 cm³/mol. The Bertz CT molecular complexity index is 606. The van der Waals surface area contributed by atoms with Crippen LogP contribution in [0.25, 0.3) is 11.0 Å². The minimum Gasteiger partial charge on any atom is -0.465 e. The van der Waals surface area contributed by atoms with E-state index in [2.05, 4.69) is 4.98 Å². The molecule has 2 rings (SSSR count). The molecule has 0 saturated carbocycles. The number of imidazole rings is 1. The Balaban J connectivity index is 2.48. The van der Waals surface area contributed by atoms with Crippen LogP contribution in [0.2, 0.25) is 0 Å². The lowest BCUT2D eigenvalue weighted by atomic mass is 10.3. The average molecular weight is 267 g/mol. The van der Waals surface area contributed by atoms with Crippen LogP contribution in [0, 0.1) is 0 Å². The standard InChI is InChI=1S/C12H11ClN2O3/c1-2-18-10(16)7-15-9-6-4-3-5-8(9)14-12(15)11(13)17/h3-6H,2,7H2,1H3. The zero-order chi connectivity index (χ0) is 13.1. The fraction of sp³-hybridized carbons (Fsp3) is 0.250. The number of halogens is 1. The van der Waals surface area contributed by atoms with E-state index in [0.717, 1.165) is 0 Å². The van der Waals surface area contributed by atoms with E-state index in [1.54, 1.807) is 31.2 Å². The van der Waals surface area contributed by atoms with E-state index in [9.17, 15) is 9.59 Å². The first kappa shape index (κ1) is 12.6. The smallest absolute Gasteiger partial charge is 0.326 e. The molecule has 94 valence electrons. The number of hydrogen-bond donors (Lipinski definition) is 0. The van der Waals surface area contributed by atoms with Gasteiger partial charge >= 0.3 is 5.97 Å². The Morgan fingerprint density at radius 1 is 1.39 bits per heavy atom. The Morgan fingerprint density at radius 2 is 2.11 bits per heavy atom. The van der Waals surface area contributed by atoms with Gasteiger partial charge < -0.3 is 9.30 Å². The molecule has 0 atom stereocenters. The summed E-state index contributed by atoms with van der Waals surface area (Å²) in [6.45, 7) is 1.93. The van der Waals surface area contributed by atoms with Crippen molar-refractivity contribution in [3.63, 3.8) is 0 Å². The topological polar surface area (TPSA) is 61.2 Å². The molecule has 6 heteroatoms. The molecule has 0 unspecified atom stereocenters. The maximum absolute atomic E-state index is 11.5. The molecule has 0 amide bonds. The third-order valence-corrected chi connectivity index (χ3v) is 2.59. The third kappa shape index (κ3) is 2.36. The maximum atomic E-state index is 11.5. The lowest BCUT2D eigenvalue weighted by Gasteiger charge is -2.06. The highest BCUT2D eigenvalue weighted by molar-refractivity contribution is 6.67. The van der Waals surface area contributed by atoms with Crippen molar-refractivity contribution in [2.45, 2.75) is 13.5 Å². The Kier molecular flexibility index (Phi) is 3.62. The molecular formula is C12H11ClN2O3. The summed E-state index contributed by atoms with van der Waals surface area (Å²) >= 11 is 5.47. The summed E-state index contributed by atoms with van der Waals surface area (Å²) in [6.07, 6.45) is 0. The van der Waals surface area contributed by atoms with Gasteiger partial charge in [0.2, 0.25) is 0 Å². The molecule has 1 heterocycles. The summed E-state index contributed by atoms with van der Waals surface area (Å²) in [5.74, 6) is -0.384. The van der Waals surface area contributed by atoms with Crippen molar-refractivity contribution in [1.82, 2.24) is 9.55 Å². The summed E-state index contributed by atoms with van der Waals surface area (Å²) in [5.41, 5.74) is 1.29. The number of hydrogen-bond acceptors (Lipinski definition) is 4. The molecule has 0 radical (unpaired) electrons. The van der Waals surface area contributed by atoms with E-state index in [-0.39, 0.29) is 19.0 Å². The van der Waals surface area contributed by atoms with Gasteiger partial charge in [0.25, 0.3) is 5.24 Å². The molecule has 0 aliphatic heterocycles. The van der Waals surface area contributed by atoms with Crippen molar-refractivity contribution >= 4 is 33.8 Å². The lowest BCUT2D eigenvalue weighted by Crippen LogP contribution is -2.16. The van der Waals surface area contributed by atoms with Gasteiger partial charge in [-0.25, -0.2) is 4.98 Å². The molecule has 0 N–H and O–H groups in total. The SMILES string of the molecule is CCOC(=O)Cn1c(C(=O)Cl)nc2ccccc21. The Morgan fingerprint density at radius 3 is 2.78 bits per heavy atom. The van der Waals surface area contributed by atoms with Gasteiger partial charge in [-0.3, -0.25) is 9.59 Å². The minimum atomic E-state index is -0.699. The van der Waals surface area contributed by atoms with Gasteiger partial charge in [-0.15, -0.1) is 0 Å². The summed E-state index contributed by atoms with van der Waals surface area (Å²) in [7, 11) is 0. The normalized spacial score (nSPS) is 10.6. The number of rotatable bonds is 4. The number of benzene rings is 1. The van der Waals surface area contributed by atoms with E-state index in [4.69, 9.17) is 16.3 Å². The largest absolute Gasteiger partial charge is 0.465 e. The summed E-state index contributed by atoms with van der Waals surface area (Å²) in [5, 5.41) is -0.699. The second-order valence-electron chi connectivity index (χ2n) is 3.59. The molecule has 1 aromatic carbocycles. The molecule has 18 heavy (non-hydrogen) atoms. The highest BCUT2D eigenvalue weighted by Gasteiger charge is 2.17. The fourth-order valence-corrected chi connectivity index (χ4v) is 1.87. The number of nitrogens with zero attached hydrogens (tertiary/aromatic N) is 2. The number of para-hydroxylation sites is 2. The van der Waals surface area contributed by atoms with Crippen molar-refractivity contribution in [1.29, 1.82) is 0 Å². The van der Waals surface area contributed by atoms with Crippen LogP contribution in [0.4, 0.5) is 0 Å².